The lowest BCUT2D eigenvalue weighted by molar-refractivity contribution is 0.100. The van der Waals surface area contributed by atoms with E-state index in [9.17, 15) is 9.18 Å². The zero-order valence-corrected chi connectivity index (χ0v) is 11.6. The van der Waals surface area contributed by atoms with E-state index in [-0.39, 0.29) is 5.82 Å². The summed E-state index contributed by atoms with van der Waals surface area (Å²) in [4.78, 5) is 10.9. The van der Waals surface area contributed by atoms with Gasteiger partial charge in [0.1, 0.15) is 5.82 Å². The molecule has 0 atom stereocenters. The van der Waals surface area contributed by atoms with Gasteiger partial charge in [0, 0.05) is 27.8 Å². The summed E-state index contributed by atoms with van der Waals surface area (Å²) in [6, 6.07) is 11.5. The number of halogens is 2. The molecule has 0 saturated heterocycles. The molecule has 2 rings (SSSR count). The van der Waals surface area contributed by atoms with Crippen LogP contribution >= 0.6 is 15.9 Å². The summed E-state index contributed by atoms with van der Waals surface area (Å²) in [5.41, 5.74) is 6.95. The summed E-state index contributed by atoms with van der Waals surface area (Å²) in [6.07, 6.45) is 0. The zero-order valence-electron chi connectivity index (χ0n) is 9.99. The van der Waals surface area contributed by atoms with Gasteiger partial charge in [-0.3, -0.25) is 4.79 Å². The van der Waals surface area contributed by atoms with Crippen molar-refractivity contribution in [2.75, 3.05) is 5.32 Å². The van der Waals surface area contributed by atoms with Crippen molar-refractivity contribution in [3.63, 3.8) is 0 Å². The third-order valence-electron chi connectivity index (χ3n) is 2.66. The van der Waals surface area contributed by atoms with Crippen molar-refractivity contribution in [2.45, 2.75) is 6.54 Å². The van der Waals surface area contributed by atoms with Gasteiger partial charge < -0.3 is 11.1 Å². The summed E-state index contributed by atoms with van der Waals surface area (Å²) < 4.78 is 14.3. The number of carbonyl (C=O) groups excluding carboxylic acids is 1. The number of nitrogens with one attached hydrogen (secondary N) is 1. The first-order chi connectivity index (χ1) is 9.06. The molecule has 2 aromatic rings. The Balaban J connectivity index is 2.06. The molecule has 5 heteroatoms. The second-order valence-electron chi connectivity index (χ2n) is 4.03. The average molecular weight is 323 g/mol. The Morgan fingerprint density at radius 1 is 1.21 bits per heavy atom. The fourth-order valence-electron chi connectivity index (χ4n) is 1.63. The molecule has 0 heterocycles. The Morgan fingerprint density at radius 2 is 1.89 bits per heavy atom. The van der Waals surface area contributed by atoms with E-state index in [2.05, 4.69) is 21.2 Å². The molecule has 19 heavy (non-hydrogen) atoms. The Labute approximate surface area is 118 Å². The van der Waals surface area contributed by atoms with Crippen LogP contribution in [0.2, 0.25) is 0 Å². The van der Waals surface area contributed by atoms with Crippen molar-refractivity contribution in [2.24, 2.45) is 5.73 Å². The largest absolute Gasteiger partial charge is 0.381 e. The van der Waals surface area contributed by atoms with Crippen molar-refractivity contribution in [3.8, 4) is 0 Å². The quantitative estimate of drug-likeness (QED) is 0.907. The lowest BCUT2D eigenvalue weighted by Gasteiger charge is -2.08. The van der Waals surface area contributed by atoms with Gasteiger partial charge in [-0.1, -0.05) is 15.9 Å². The number of anilines is 1. The minimum Gasteiger partial charge on any atom is -0.381 e. The van der Waals surface area contributed by atoms with Gasteiger partial charge in [0.2, 0.25) is 5.91 Å². The van der Waals surface area contributed by atoms with Crippen molar-refractivity contribution in [1.82, 2.24) is 0 Å². The van der Waals surface area contributed by atoms with Crippen LogP contribution in [0.1, 0.15) is 15.9 Å². The smallest absolute Gasteiger partial charge is 0.248 e. The highest BCUT2D eigenvalue weighted by Gasteiger charge is 2.03. The van der Waals surface area contributed by atoms with Crippen molar-refractivity contribution < 1.29 is 9.18 Å². The average Bonchev–Trinajstić information content (AvgIpc) is 2.40. The lowest BCUT2D eigenvalue weighted by atomic mass is 10.2. The highest BCUT2D eigenvalue weighted by molar-refractivity contribution is 9.10. The summed E-state index contributed by atoms with van der Waals surface area (Å²) in [5, 5.41) is 3.08. The number of carbonyl (C=O) groups is 1. The first kappa shape index (κ1) is 13.5. The van der Waals surface area contributed by atoms with Gasteiger partial charge in [-0.15, -0.1) is 0 Å². The molecule has 0 saturated carbocycles. The van der Waals surface area contributed by atoms with Gasteiger partial charge in [-0.25, -0.2) is 4.39 Å². The fourth-order valence-corrected chi connectivity index (χ4v) is 2.04. The van der Waals surface area contributed by atoms with Crippen LogP contribution in [0.5, 0.6) is 0 Å². The predicted molar refractivity (Wildman–Crippen MR) is 76.4 cm³/mol. The summed E-state index contributed by atoms with van der Waals surface area (Å²) >= 11 is 3.30. The molecule has 98 valence electrons. The minimum absolute atomic E-state index is 0.260. The molecular weight excluding hydrogens is 311 g/mol. The van der Waals surface area contributed by atoms with Crippen molar-refractivity contribution in [1.29, 1.82) is 0 Å². The number of hydrogen-bond acceptors (Lipinski definition) is 2. The topological polar surface area (TPSA) is 55.1 Å². The number of rotatable bonds is 4. The number of nitrogens with two attached hydrogens (primary N) is 1. The summed E-state index contributed by atoms with van der Waals surface area (Å²) in [7, 11) is 0. The van der Waals surface area contributed by atoms with Crippen LogP contribution in [-0.2, 0) is 6.54 Å². The molecule has 0 unspecified atom stereocenters. The van der Waals surface area contributed by atoms with Crippen LogP contribution < -0.4 is 11.1 Å². The van der Waals surface area contributed by atoms with Crippen molar-refractivity contribution in [3.05, 3.63) is 63.9 Å². The normalized spacial score (nSPS) is 10.2. The molecule has 0 bridgehead atoms. The summed E-state index contributed by atoms with van der Waals surface area (Å²) in [6.45, 7) is 0.362. The highest BCUT2D eigenvalue weighted by atomic mass is 79.9. The molecule has 0 aliphatic rings. The van der Waals surface area contributed by atoms with Crippen LogP contribution in [0.3, 0.4) is 0 Å². The van der Waals surface area contributed by atoms with E-state index >= 15 is 0 Å². The van der Waals surface area contributed by atoms with Crippen molar-refractivity contribution >= 4 is 27.5 Å². The standard InChI is InChI=1S/C14H12BrFN2O/c15-11-3-6-13(16)10(7-11)8-18-12-4-1-9(2-5-12)14(17)19/h1-7,18H,8H2,(H2,17,19). The van der Waals surface area contributed by atoms with Gasteiger partial charge in [0.05, 0.1) is 0 Å². The molecule has 0 aliphatic carbocycles. The van der Waals surface area contributed by atoms with Crippen LogP contribution in [-0.4, -0.2) is 5.91 Å². The van der Waals surface area contributed by atoms with Crippen LogP contribution in [0.25, 0.3) is 0 Å². The van der Waals surface area contributed by atoms with Gasteiger partial charge in [-0.2, -0.15) is 0 Å². The SMILES string of the molecule is NC(=O)c1ccc(NCc2cc(Br)ccc2F)cc1. The maximum Gasteiger partial charge on any atom is 0.248 e. The van der Waals surface area contributed by atoms with E-state index in [4.69, 9.17) is 5.73 Å². The predicted octanol–water partition coefficient (Wildman–Crippen LogP) is 3.30. The second-order valence-corrected chi connectivity index (χ2v) is 4.95. The molecule has 0 fully saturated rings. The third kappa shape index (κ3) is 3.54. The Kier molecular flexibility index (Phi) is 4.16. The molecule has 0 aliphatic heterocycles. The monoisotopic (exact) mass is 322 g/mol. The number of amides is 1. The van der Waals surface area contributed by atoms with Crippen LogP contribution in [0.15, 0.2) is 46.9 Å². The van der Waals surface area contributed by atoms with E-state index < -0.39 is 5.91 Å². The number of benzene rings is 2. The number of primary amides is 1. The first-order valence-corrected chi connectivity index (χ1v) is 6.43. The van der Waals surface area contributed by atoms with Gasteiger partial charge in [0.15, 0.2) is 0 Å². The van der Waals surface area contributed by atoms with Crippen LogP contribution in [0, 0.1) is 5.82 Å². The first-order valence-electron chi connectivity index (χ1n) is 5.64. The zero-order chi connectivity index (χ0) is 13.8. The van der Waals surface area contributed by atoms with Gasteiger partial charge >= 0.3 is 0 Å². The van der Waals surface area contributed by atoms with E-state index in [1.807, 2.05) is 0 Å². The molecule has 0 spiro atoms. The van der Waals surface area contributed by atoms with E-state index in [1.54, 1.807) is 36.4 Å². The molecule has 0 radical (unpaired) electrons. The molecular formula is C14H12BrFN2O. The molecule has 2 aromatic carbocycles. The van der Waals surface area contributed by atoms with Gasteiger partial charge in [0.25, 0.3) is 0 Å². The lowest BCUT2D eigenvalue weighted by Crippen LogP contribution is -2.10. The Hall–Kier alpha value is -1.88. The van der Waals surface area contributed by atoms with E-state index in [0.29, 0.717) is 17.7 Å². The van der Waals surface area contributed by atoms with E-state index in [0.717, 1.165) is 10.2 Å². The van der Waals surface area contributed by atoms with Gasteiger partial charge in [-0.05, 0) is 42.5 Å². The summed E-state index contributed by atoms with van der Waals surface area (Å²) in [5.74, 6) is -0.728. The fraction of sp³-hybridized carbons (Fsp3) is 0.0714. The second kappa shape index (κ2) is 5.84. The Morgan fingerprint density at radius 3 is 2.53 bits per heavy atom. The maximum absolute atomic E-state index is 13.5. The maximum atomic E-state index is 13.5. The number of hydrogen-bond donors (Lipinski definition) is 2. The minimum atomic E-state index is -0.468. The third-order valence-corrected chi connectivity index (χ3v) is 3.15. The molecule has 0 aromatic heterocycles. The van der Waals surface area contributed by atoms with Crippen LogP contribution in [0.4, 0.5) is 10.1 Å². The molecule has 3 N–H and O–H groups in total. The molecule has 3 nitrogen and oxygen atoms in total. The Bertz CT molecular complexity index is 599. The highest BCUT2D eigenvalue weighted by Crippen LogP contribution is 2.17. The molecule has 1 amide bonds. The van der Waals surface area contributed by atoms with E-state index in [1.165, 1.54) is 6.07 Å².